The van der Waals surface area contributed by atoms with Crippen molar-refractivity contribution in [3.05, 3.63) is 34.9 Å². The van der Waals surface area contributed by atoms with Crippen LogP contribution in [0.15, 0.2) is 18.2 Å². The van der Waals surface area contributed by atoms with E-state index in [1.165, 1.54) is 5.56 Å². The second kappa shape index (κ2) is 5.82. The maximum atomic E-state index is 12.4. The first-order valence-electron chi connectivity index (χ1n) is 6.05. The highest BCUT2D eigenvalue weighted by Crippen LogP contribution is 2.14. The fourth-order valence-electron chi connectivity index (χ4n) is 1.94. The first-order chi connectivity index (χ1) is 7.97. The van der Waals surface area contributed by atoms with E-state index in [9.17, 15) is 4.79 Å². The van der Waals surface area contributed by atoms with Gasteiger partial charge in [-0.1, -0.05) is 17.7 Å². The number of benzene rings is 1. The first-order valence-corrected chi connectivity index (χ1v) is 6.05. The van der Waals surface area contributed by atoms with Crippen molar-refractivity contribution in [2.45, 2.75) is 33.7 Å². The van der Waals surface area contributed by atoms with Crippen LogP contribution in [0, 0.1) is 13.8 Å². The molecule has 1 aromatic rings. The van der Waals surface area contributed by atoms with E-state index in [1.807, 2.05) is 50.8 Å². The van der Waals surface area contributed by atoms with E-state index in [0.717, 1.165) is 11.1 Å². The van der Waals surface area contributed by atoms with Gasteiger partial charge >= 0.3 is 0 Å². The van der Waals surface area contributed by atoms with E-state index in [1.54, 1.807) is 0 Å². The van der Waals surface area contributed by atoms with E-state index in [4.69, 9.17) is 5.73 Å². The normalized spacial score (nSPS) is 10.7. The smallest absolute Gasteiger partial charge is 0.254 e. The minimum Gasteiger partial charge on any atom is -0.335 e. The standard InChI is InChI=1S/C14H22N2O/c1-10(2)16(8-7-15)14(17)13-6-5-11(3)9-12(13)4/h5-6,9-10H,7-8,15H2,1-4H3. The molecule has 0 aliphatic rings. The highest BCUT2D eigenvalue weighted by Gasteiger charge is 2.19. The van der Waals surface area contributed by atoms with Crippen LogP contribution in [0.2, 0.25) is 0 Å². The van der Waals surface area contributed by atoms with Gasteiger partial charge in [0.25, 0.3) is 5.91 Å². The maximum Gasteiger partial charge on any atom is 0.254 e. The van der Waals surface area contributed by atoms with Crippen molar-refractivity contribution in [2.75, 3.05) is 13.1 Å². The van der Waals surface area contributed by atoms with Crippen molar-refractivity contribution in [2.24, 2.45) is 5.73 Å². The summed E-state index contributed by atoms with van der Waals surface area (Å²) in [5.41, 5.74) is 8.53. The van der Waals surface area contributed by atoms with Crippen molar-refractivity contribution < 1.29 is 4.79 Å². The summed E-state index contributed by atoms with van der Waals surface area (Å²) in [6, 6.07) is 6.08. The zero-order valence-corrected chi connectivity index (χ0v) is 11.2. The molecule has 0 saturated heterocycles. The molecule has 94 valence electrons. The molecular formula is C14H22N2O. The lowest BCUT2D eigenvalue weighted by atomic mass is 10.0. The molecule has 3 nitrogen and oxygen atoms in total. The van der Waals surface area contributed by atoms with Gasteiger partial charge in [0.05, 0.1) is 0 Å². The molecule has 0 bridgehead atoms. The van der Waals surface area contributed by atoms with Crippen LogP contribution in [0.4, 0.5) is 0 Å². The lowest BCUT2D eigenvalue weighted by molar-refractivity contribution is 0.0711. The third kappa shape index (κ3) is 3.30. The number of aryl methyl sites for hydroxylation is 2. The van der Waals surface area contributed by atoms with Crippen LogP contribution in [0.25, 0.3) is 0 Å². The van der Waals surface area contributed by atoms with Crippen LogP contribution >= 0.6 is 0 Å². The second-order valence-corrected chi connectivity index (χ2v) is 4.70. The van der Waals surface area contributed by atoms with Crippen LogP contribution < -0.4 is 5.73 Å². The van der Waals surface area contributed by atoms with E-state index in [0.29, 0.717) is 13.1 Å². The van der Waals surface area contributed by atoms with Gasteiger partial charge in [-0.3, -0.25) is 4.79 Å². The number of carbonyl (C=O) groups is 1. The van der Waals surface area contributed by atoms with E-state index in [2.05, 4.69) is 0 Å². The molecule has 1 aromatic carbocycles. The molecule has 1 amide bonds. The summed E-state index contributed by atoms with van der Waals surface area (Å²) >= 11 is 0. The number of rotatable bonds is 4. The van der Waals surface area contributed by atoms with Crippen LogP contribution in [-0.4, -0.2) is 29.9 Å². The topological polar surface area (TPSA) is 46.3 Å². The third-order valence-corrected chi connectivity index (χ3v) is 2.87. The number of nitrogens with two attached hydrogens (primary N) is 1. The van der Waals surface area contributed by atoms with Crippen molar-refractivity contribution in [3.63, 3.8) is 0 Å². The molecule has 0 radical (unpaired) electrons. The van der Waals surface area contributed by atoms with Crippen LogP contribution in [0.5, 0.6) is 0 Å². The molecule has 0 saturated carbocycles. The molecule has 0 heterocycles. The summed E-state index contributed by atoms with van der Waals surface area (Å²) < 4.78 is 0. The number of carbonyl (C=O) groups excluding carboxylic acids is 1. The summed E-state index contributed by atoms with van der Waals surface area (Å²) in [4.78, 5) is 14.2. The summed E-state index contributed by atoms with van der Waals surface area (Å²) in [5, 5.41) is 0. The van der Waals surface area contributed by atoms with Gasteiger partial charge < -0.3 is 10.6 Å². The van der Waals surface area contributed by atoms with E-state index < -0.39 is 0 Å². The monoisotopic (exact) mass is 234 g/mol. The maximum absolute atomic E-state index is 12.4. The molecule has 0 unspecified atom stereocenters. The summed E-state index contributed by atoms with van der Waals surface area (Å²) in [5.74, 6) is 0.0722. The van der Waals surface area contributed by atoms with Crippen LogP contribution in [0.1, 0.15) is 35.3 Å². The van der Waals surface area contributed by atoms with Gasteiger partial charge in [0.1, 0.15) is 0 Å². The van der Waals surface area contributed by atoms with E-state index in [-0.39, 0.29) is 11.9 Å². The second-order valence-electron chi connectivity index (χ2n) is 4.70. The SMILES string of the molecule is Cc1ccc(C(=O)N(CCN)C(C)C)c(C)c1. The molecule has 0 aliphatic carbocycles. The highest BCUT2D eigenvalue weighted by atomic mass is 16.2. The fraction of sp³-hybridized carbons (Fsp3) is 0.500. The van der Waals surface area contributed by atoms with Gasteiger partial charge in [0.2, 0.25) is 0 Å². The molecular weight excluding hydrogens is 212 g/mol. The predicted octanol–water partition coefficient (Wildman–Crippen LogP) is 2.11. The molecule has 0 spiro atoms. The Balaban J connectivity index is 3.01. The molecule has 0 fully saturated rings. The molecule has 1 rings (SSSR count). The van der Waals surface area contributed by atoms with Crippen molar-refractivity contribution in [1.29, 1.82) is 0 Å². The van der Waals surface area contributed by atoms with Gasteiger partial charge in [0, 0.05) is 24.7 Å². The zero-order valence-electron chi connectivity index (χ0n) is 11.2. The van der Waals surface area contributed by atoms with Crippen molar-refractivity contribution >= 4 is 5.91 Å². The molecule has 0 atom stereocenters. The summed E-state index contributed by atoms with van der Waals surface area (Å²) in [6.45, 7) is 9.12. The fourth-order valence-corrected chi connectivity index (χ4v) is 1.94. The molecule has 3 heteroatoms. The average molecular weight is 234 g/mol. The van der Waals surface area contributed by atoms with Gasteiger partial charge in [-0.25, -0.2) is 0 Å². The Morgan fingerprint density at radius 2 is 2.00 bits per heavy atom. The summed E-state index contributed by atoms with van der Waals surface area (Å²) in [6.07, 6.45) is 0. The minimum atomic E-state index is 0.0722. The van der Waals surface area contributed by atoms with Gasteiger partial charge in [-0.15, -0.1) is 0 Å². The number of nitrogens with zero attached hydrogens (tertiary/aromatic N) is 1. The Hall–Kier alpha value is -1.35. The Kier molecular flexibility index (Phi) is 4.70. The Bertz CT molecular complexity index is 399. The Morgan fingerprint density at radius 3 is 2.47 bits per heavy atom. The number of amides is 1. The first kappa shape index (κ1) is 13.7. The average Bonchev–Trinajstić information content (AvgIpc) is 2.24. The molecule has 17 heavy (non-hydrogen) atoms. The quantitative estimate of drug-likeness (QED) is 0.867. The lowest BCUT2D eigenvalue weighted by Gasteiger charge is -2.27. The summed E-state index contributed by atoms with van der Waals surface area (Å²) in [7, 11) is 0. The largest absolute Gasteiger partial charge is 0.335 e. The third-order valence-electron chi connectivity index (χ3n) is 2.87. The van der Waals surface area contributed by atoms with Crippen LogP contribution in [-0.2, 0) is 0 Å². The number of hydrogen-bond donors (Lipinski definition) is 1. The Labute approximate surface area is 104 Å². The van der Waals surface area contributed by atoms with Gasteiger partial charge in [0.15, 0.2) is 0 Å². The minimum absolute atomic E-state index is 0.0722. The van der Waals surface area contributed by atoms with Crippen LogP contribution in [0.3, 0.4) is 0 Å². The number of hydrogen-bond acceptors (Lipinski definition) is 2. The zero-order chi connectivity index (χ0) is 13.0. The molecule has 2 N–H and O–H groups in total. The molecule has 0 aromatic heterocycles. The lowest BCUT2D eigenvalue weighted by Crippen LogP contribution is -2.40. The van der Waals surface area contributed by atoms with Crippen molar-refractivity contribution in [1.82, 2.24) is 4.90 Å². The Morgan fingerprint density at radius 1 is 1.35 bits per heavy atom. The van der Waals surface area contributed by atoms with E-state index >= 15 is 0 Å². The highest BCUT2D eigenvalue weighted by molar-refractivity contribution is 5.95. The van der Waals surface area contributed by atoms with Gasteiger partial charge in [-0.2, -0.15) is 0 Å². The van der Waals surface area contributed by atoms with Crippen molar-refractivity contribution in [3.8, 4) is 0 Å². The van der Waals surface area contributed by atoms with Gasteiger partial charge in [-0.05, 0) is 39.3 Å². The molecule has 0 aliphatic heterocycles. The predicted molar refractivity (Wildman–Crippen MR) is 71.1 cm³/mol.